The highest BCUT2D eigenvalue weighted by Crippen LogP contribution is 2.21. The van der Waals surface area contributed by atoms with Crippen molar-refractivity contribution in [1.29, 1.82) is 0 Å². The third kappa shape index (κ3) is 3.13. The predicted molar refractivity (Wildman–Crippen MR) is 79.1 cm³/mol. The monoisotopic (exact) mass is 340 g/mol. The zero-order valence-electron chi connectivity index (χ0n) is 10.9. The second-order valence-electron chi connectivity index (χ2n) is 4.82. The molecule has 1 heterocycles. The van der Waals surface area contributed by atoms with Crippen molar-refractivity contribution in [2.75, 3.05) is 0 Å². The van der Waals surface area contributed by atoms with Crippen LogP contribution in [0.1, 0.15) is 13.3 Å². The predicted octanol–water partition coefficient (Wildman–Crippen LogP) is 2.21. The van der Waals surface area contributed by atoms with Gasteiger partial charge in [-0.25, -0.2) is 4.39 Å². The third-order valence-electron chi connectivity index (χ3n) is 2.91. The van der Waals surface area contributed by atoms with Crippen molar-refractivity contribution in [2.45, 2.75) is 25.9 Å². The Morgan fingerprint density at radius 2 is 2.20 bits per heavy atom. The van der Waals surface area contributed by atoms with Crippen molar-refractivity contribution >= 4 is 32.5 Å². The molecule has 2 rings (SSSR count). The van der Waals surface area contributed by atoms with Crippen LogP contribution in [0.3, 0.4) is 0 Å². The van der Waals surface area contributed by atoms with Crippen LogP contribution < -0.4 is 11.3 Å². The molecular weight excluding hydrogens is 327 g/mol. The van der Waals surface area contributed by atoms with Gasteiger partial charge >= 0.3 is 0 Å². The van der Waals surface area contributed by atoms with Crippen LogP contribution in [0.4, 0.5) is 4.39 Å². The minimum Gasteiger partial charge on any atom is -0.328 e. The molecule has 0 saturated carbocycles. The molecule has 1 aromatic heterocycles. The molecule has 1 aromatic carbocycles. The average Bonchev–Trinajstić information content (AvgIpc) is 2.34. The maximum atomic E-state index is 13.5. The fourth-order valence-electron chi connectivity index (χ4n) is 2.02. The quantitative estimate of drug-likeness (QED) is 0.927. The minimum absolute atomic E-state index is 0.0476. The molecule has 4 nitrogen and oxygen atoms in total. The Kier molecular flexibility index (Phi) is 4.35. The Morgan fingerprint density at radius 3 is 2.85 bits per heavy atom. The van der Waals surface area contributed by atoms with Gasteiger partial charge in [0.2, 0.25) is 0 Å². The van der Waals surface area contributed by atoms with Crippen LogP contribution in [0.2, 0.25) is 0 Å². The number of hydrogen-bond acceptors (Lipinski definition) is 3. The van der Waals surface area contributed by atoms with Crippen LogP contribution in [0.5, 0.6) is 0 Å². The zero-order valence-corrected chi connectivity index (χ0v) is 12.5. The first-order chi connectivity index (χ1) is 9.38. The SMILES string of the molecule is C[C@H](N)CC(=O)Cn1ccc2cc(Br)c(F)cc2c1=O. The van der Waals surface area contributed by atoms with Crippen LogP contribution in [0, 0.1) is 5.82 Å². The average molecular weight is 341 g/mol. The van der Waals surface area contributed by atoms with E-state index >= 15 is 0 Å². The number of pyridine rings is 1. The number of nitrogens with two attached hydrogens (primary N) is 1. The Morgan fingerprint density at radius 1 is 1.50 bits per heavy atom. The summed E-state index contributed by atoms with van der Waals surface area (Å²) in [5.41, 5.74) is 5.17. The number of fused-ring (bicyclic) bond motifs is 1. The maximum Gasteiger partial charge on any atom is 0.258 e. The van der Waals surface area contributed by atoms with Gasteiger partial charge in [0.05, 0.1) is 16.4 Å². The van der Waals surface area contributed by atoms with E-state index in [1.165, 1.54) is 16.8 Å². The molecule has 1 atom stereocenters. The van der Waals surface area contributed by atoms with Gasteiger partial charge < -0.3 is 10.3 Å². The highest BCUT2D eigenvalue weighted by molar-refractivity contribution is 9.10. The number of ketones is 1. The van der Waals surface area contributed by atoms with E-state index in [9.17, 15) is 14.0 Å². The molecule has 2 N–H and O–H groups in total. The Bertz CT molecular complexity index is 725. The van der Waals surface area contributed by atoms with Gasteiger partial charge in [-0.1, -0.05) is 0 Å². The van der Waals surface area contributed by atoms with E-state index in [-0.39, 0.29) is 35.7 Å². The number of nitrogens with zero attached hydrogens (tertiary/aromatic N) is 1. The second-order valence-corrected chi connectivity index (χ2v) is 5.68. The number of carbonyl (C=O) groups is 1. The van der Waals surface area contributed by atoms with E-state index in [0.717, 1.165) is 0 Å². The van der Waals surface area contributed by atoms with Gasteiger partial charge in [0.1, 0.15) is 5.82 Å². The molecule has 106 valence electrons. The fraction of sp³-hybridized carbons (Fsp3) is 0.286. The Labute approximate surface area is 123 Å². The van der Waals surface area contributed by atoms with Gasteiger partial charge in [0.25, 0.3) is 5.56 Å². The molecule has 0 bridgehead atoms. The summed E-state index contributed by atoms with van der Waals surface area (Å²) in [7, 11) is 0. The lowest BCUT2D eigenvalue weighted by molar-refractivity contribution is -0.119. The molecule has 6 heteroatoms. The van der Waals surface area contributed by atoms with E-state index in [4.69, 9.17) is 5.73 Å². The fourth-order valence-corrected chi connectivity index (χ4v) is 2.38. The van der Waals surface area contributed by atoms with Gasteiger partial charge in [-0.15, -0.1) is 0 Å². The summed E-state index contributed by atoms with van der Waals surface area (Å²) in [6.45, 7) is 1.68. The van der Waals surface area contributed by atoms with Crippen molar-refractivity contribution in [2.24, 2.45) is 5.73 Å². The van der Waals surface area contributed by atoms with Crippen molar-refractivity contribution in [3.63, 3.8) is 0 Å². The molecular formula is C14H14BrFN2O2. The Balaban J connectivity index is 2.42. The molecule has 0 unspecified atom stereocenters. The smallest absolute Gasteiger partial charge is 0.258 e. The third-order valence-corrected chi connectivity index (χ3v) is 3.52. The molecule has 0 amide bonds. The first kappa shape index (κ1) is 14.9. The minimum atomic E-state index is -0.505. The number of benzene rings is 1. The van der Waals surface area contributed by atoms with Crippen LogP contribution in [-0.2, 0) is 11.3 Å². The standard InChI is InChI=1S/C14H14BrFN2O2/c1-8(17)4-10(19)7-18-3-2-9-5-12(15)13(16)6-11(9)14(18)20/h2-3,5-6,8H,4,7,17H2,1H3/t8-/m0/s1. The number of rotatable bonds is 4. The summed E-state index contributed by atoms with van der Waals surface area (Å²) >= 11 is 3.07. The molecule has 0 fully saturated rings. The van der Waals surface area contributed by atoms with Crippen LogP contribution in [-0.4, -0.2) is 16.4 Å². The molecule has 0 aliphatic carbocycles. The zero-order chi connectivity index (χ0) is 14.9. The van der Waals surface area contributed by atoms with E-state index in [1.807, 2.05) is 0 Å². The number of carbonyl (C=O) groups excluding carboxylic acids is 1. The number of hydrogen-bond donors (Lipinski definition) is 1. The molecule has 0 radical (unpaired) electrons. The highest BCUT2D eigenvalue weighted by Gasteiger charge is 2.11. The summed E-state index contributed by atoms with van der Waals surface area (Å²) in [6, 6.07) is 4.15. The lowest BCUT2D eigenvalue weighted by atomic mass is 10.1. The maximum absolute atomic E-state index is 13.5. The molecule has 0 spiro atoms. The van der Waals surface area contributed by atoms with Crippen molar-refractivity contribution in [3.05, 3.63) is 45.0 Å². The van der Waals surface area contributed by atoms with Crippen molar-refractivity contribution < 1.29 is 9.18 Å². The molecule has 0 saturated heterocycles. The summed E-state index contributed by atoms with van der Waals surface area (Å²) in [5.74, 6) is -0.631. The number of halogens is 2. The first-order valence-corrected chi connectivity index (χ1v) is 6.93. The van der Waals surface area contributed by atoms with E-state index in [2.05, 4.69) is 15.9 Å². The normalized spacial score (nSPS) is 12.6. The lowest BCUT2D eigenvalue weighted by Gasteiger charge is -2.08. The topological polar surface area (TPSA) is 65.1 Å². The lowest BCUT2D eigenvalue weighted by Crippen LogP contribution is -2.27. The van der Waals surface area contributed by atoms with E-state index < -0.39 is 5.82 Å². The van der Waals surface area contributed by atoms with Crippen molar-refractivity contribution in [3.8, 4) is 0 Å². The van der Waals surface area contributed by atoms with Gasteiger partial charge in [-0.2, -0.15) is 0 Å². The first-order valence-electron chi connectivity index (χ1n) is 6.14. The van der Waals surface area contributed by atoms with E-state index in [1.54, 1.807) is 19.1 Å². The molecule has 20 heavy (non-hydrogen) atoms. The van der Waals surface area contributed by atoms with E-state index in [0.29, 0.717) is 9.86 Å². The van der Waals surface area contributed by atoms with Crippen LogP contribution in [0.15, 0.2) is 33.7 Å². The largest absolute Gasteiger partial charge is 0.328 e. The van der Waals surface area contributed by atoms with Gasteiger partial charge in [-0.3, -0.25) is 9.59 Å². The van der Waals surface area contributed by atoms with Gasteiger partial charge in [0.15, 0.2) is 5.78 Å². The van der Waals surface area contributed by atoms with Gasteiger partial charge in [-0.05, 0) is 46.4 Å². The summed E-state index contributed by atoms with van der Waals surface area (Å²) in [6.07, 6.45) is 1.74. The summed E-state index contributed by atoms with van der Waals surface area (Å²) in [4.78, 5) is 23.9. The molecule has 0 aliphatic heterocycles. The number of aromatic nitrogens is 1. The molecule has 0 aliphatic rings. The second kappa shape index (κ2) is 5.85. The van der Waals surface area contributed by atoms with Crippen molar-refractivity contribution in [1.82, 2.24) is 4.57 Å². The number of Topliss-reactive ketones (excluding diaryl/α,β-unsaturated/α-hetero) is 1. The van der Waals surface area contributed by atoms with Crippen LogP contribution in [0.25, 0.3) is 10.8 Å². The summed E-state index contributed by atoms with van der Waals surface area (Å²) in [5, 5.41) is 0.876. The van der Waals surface area contributed by atoms with Gasteiger partial charge in [0, 0.05) is 18.7 Å². The highest BCUT2D eigenvalue weighted by atomic mass is 79.9. The van der Waals surface area contributed by atoms with Crippen LogP contribution >= 0.6 is 15.9 Å². The Hall–Kier alpha value is -1.53. The molecule has 2 aromatic rings. The summed E-state index contributed by atoms with van der Waals surface area (Å²) < 4.78 is 15.1.